The average molecular weight is 649 g/mol. The molecule has 1 N–H and O–H groups in total. The molecule has 2 aromatic heterocycles. The van der Waals surface area contributed by atoms with Crippen molar-refractivity contribution in [2.75, 3.05) is 16.7 Å². The summed E-state index contributed by atoms with van der Waals surface area (Å²) in [6.07, 6.45) is 0.533. The lowest BCUT2D eigenvalue weighted by molar-refractivity contribution is 0.123. The van der Waals surface area contributed by atoms with Crippen LogP contribution < -0.4 is 4.72 Å². The van der Waals surface area contributed by atoms with Crippen molar-refractivity contribution >= 4 is 52.0 Å². The lowest BCUT2D eigenvalue weighted by atomic mass is 9.90. The van der Waals surface area contributed by atoms with Crippen LogP contribution in [-0.2, 0) is 13.0 Å². The number of nitrogens with zero attached hydrogens (tertiary/aromatic N) is 3. The minimum atomic E-state index is -2.65. The number of anilines is 1. The van der Waals surface area contributed by atoms with Gasteiger partial charge in [0.1, 0.15) is 23.9 Å². The first-order chi connectivity index (χ1) is 20.4. The first-order valence-corrected chi connectivity index (χ1v) is 16.4. The summed E-state index contributed by atoms with van der Waals surface area (Å²) in [4.78, 5) is 4.91. The summed E-state index contributed by atoms with van der Waals surface area (Å²) in [7, 11) is 0. The van der Waals surface area contributed by atoms with Gasteiger partial charge in [0.25, 0.3) is 6.43 Å². The Balaban J connectivity index is 1.93. The van der Waals surface area contributed by atoms with Gasteiger partial charge < -0.3 is 4.72 Å². The number of thioether (sulfide) groups is 1. The summed E-state index contributed by atoms with van der Waals surface area (Å²) in [6, 6.07) is 10.6. The van der Waals surface area contributed by atoms with Crippen molar-refractivity contribution in [3.8, 4) is 23.0 Å². The van der Waals surface area contributed by atoms with Crippen LogP contribution >= 0.6 is 35.3 Å². The second-order valence-corrected chi connectivity index (χ2v) is 13.4. The second kappa shape index (κ2) is 14.3. The number of alkyl halides is 2. The molecule has 0 spiro atoms. The van der Waals surface area contributed by atoms with E-state index < -0.39 is 24.6 Å². The van der Waals surface area contributed by atoms with Crippen LogP contribution in [0.5, 0.6) is 0 Å². The van der Waals surface area contributed by atoms with E-state index in [0.717, 1.165) is 18.2 Å². The topological polar surface area (TPSA) is 42.7 Å². The van der Waals surface area contributed by atoms with Gasteiger partial charge in [-0.15, -0.1) is 11.8 Å². The van der Waals surface area contributed by atoms with Crippen molar-refractivity contribution in [2.24, 2.45) is 0 Å². The highest BCUT2D eigenvalue weighted by Crippen LogP contribution is 2.41. The van der Waals surface area contributed by atoms with E-state index in [1.165, 1.54) is 28.8 Å². The monoisotopic (exact) mass is 648 g/mol. The van der Waals surface area contributed by atoms with Crippen LogP contribution in [0.15, 0.2) is 42.5 Å². The SMILES string of the molecule is CCCSNc1nn(CC(F)F)c2c(-c3ccc(C#CC(C)(C)SC)nc3C(C)Cc3cc(F)cc(F)c3)ccc(Cl)c12. The average Bonchev–Trinajstić information content (AvgIpc) is 3.30. The number of hydrogen-bond donors (Lipinski definition) is 1. The fraction of sp³-hybridized carbons (Fsp3) is 0.375. The first kappa shape index (κ1) is 33.0. The van der Waals surface area contributed by atoms with Gasteiger partial charge in [0.2, 0.25) is 0 Å². The number of nitrogens with one attached hydrogen (secondary N) is 1. The van der Waals surface area contributed by atoms with E-state index in [1.54, 1.807) is 30.0 Å². The number of aromatic nitrogens is 3. The Labute approximate surface area is 263 Å². The Bertz CT molecular complexity index is 1640. The van der Waals surface area contributed by atoms with Crippen molar-refractivity contribution in [3.63, 3.8) is 0 Å². The van der Waals surface area contributed by atoms with E-state index in [-0.39, 0.29) is 17.1 Å². The Morgan fingerprint density at radius 1 is 1.07 bits per heavy atom. The molecule has 0 aliphatic heterocycles. The Hall–Kier alpha value is -2.87. The first-order valence-electron chi connectivity index (χ1n) is 13.8. The van der Waals surface area contributed by atoms with Crippen LogP contribution in [0.3, 0.4) is 0 Å². The number of hydrogen-bond acceptors (Lipinski definition) is 5. The van der Waals surface area contributed by atoms with Crippen LogP contribution in [-0.4, -0.2) is 37.9 Å². The van der Waals surface area contributed by atoms with E-state index in [4.69, 9.17) is 16.6 Å². The van der Waals surface area contributed by atoms with Gasteiger partial charge in [-0.3, -0.25) is 4.68 Å². The lowest BCUT2D eigenvalue weighted by Gasteiger charge is -2.18. The van der Waals surface area contributed by atoms with Crippen molar-refractivity contribution in [3.05, 3.63) is 76.1 Å². The second-order valence-electron chi connectivity index (χ2n) is 10.7. The Kier molecular flexibility index (Phi) is 11.0. The van der Waals surface area contributed by atoms with Gasteiger partial charge in [0.15, 0.2) is 5.82 Å². The molecular formula is C32H33ClF4N4S2. The number of halogens is 5. The van der Waals surface area contributed by atoms with Crippen LogP contribution in [0.25, 0.3) is 22.0 Å². The summed E-state index contributed by atoms with van der Waals surface area (Å²) in [6.45, 7) is 7.35. The zero-order valence-corrected chi connectivity index (χ0v) is 27.0. The smallest absolute Gasteiger partial charge is 0.257 e. The maximum absolute atomic E-state index is 14.0. The van der Waals surface area contributed by atoms with Crippen molar-refractivity contribution in [1.29, 1.82) is 0 Å². The van der Waals surface area contributed by atoms with E-state index >= 15 is 0 Å². The van der Waals surface area contributed by atoms with Gasteiger partial charge >= 0.3 is 0 Å². The maximum Gasteiger partial charge on any atom is 0.257 e. The van der Waals surface area contributed by atoms with Crippen LogP contribution in [0.2, 0.25) is 5.02 Å². The number of benzene rings is 2. The fourth-order valence-corrected chi connectivity index (χ4v) is 5.63. The highest BCUT2D eigenvalue weighted by Gasteiger charge is 2.24. The molecule has 0 bridgehead atoms. The molecule has 0 fully saturated rings. The van der Waals surface area contributed by atoms with Crippen LogP contribution in [0, 0.1) is 23.5 Å². The largest absolute Gasteiger partial charge is 0.312 e. The number of rotatable bonds is 11. The maximum atomic E-state index is 14.0. The highest BCUT2D eigenvalue weighted by atomic mass is 35.5. The lowest BCUT2D eigenvalue weighted by Crippen LogP contribution is -2.11. The summed E-state index contributed by atoms with van der Waals surface area (Å²) >= 11 is 9.69. The van der Waals surface area contributed by atoms with Crippen molar-refractivity contribution in [2.45, 2.75) is 64.2 Å². The third-order valence-corrected chi connectivity index (χ3v) is 9.16. The zero-order valence-electron chi connectivity index (χ0n) is 24.6. The number of pyridine rings is 1. The third-order valence-electron chi connectivity index (χ3n) is 6.78. The van der Waals surface area contributed by atoms with E-state index in [1.807, 2.05) is 40.0 Å². The molecule has 0 radical (unpaired) electrons. The van der Waals surface area contributed by atoms with Gasteiger partial charge in [-0.1, -0.05) is 49.4 Å². The molecule has 228 valence electrons. The van der Waals surface area contributed by atoms with Gasteiger partial charge in [-0.05, 0) is 74.8 Å². The standard InChI is InChI=1S/C32H33ClF4N4S2/c1-6-13-43-40-31-28-26(33)10-9-25(30(28)41(39-31)18-27(36)37)24-8-7-23(11-12-32(3,4)42-5)38-29(24)19(2)14-20-15-21(34)17-22(35)16-20/h7-10,15-17,19,27H,6,13-14,18H2,1-5H3,(H,39,40). The van der Waals surface area contributed by atoms with Gasteiger partial charge in [0.05, 0.1) is 26.4 Å². The zero-order chi connectivity index (χ0) is 31.3. The van der Waals surface area contributed by atoms with Gasteiger partial charge in [-0.2, -0.15) is 5.10 Å². The van der Waals surface area contributed by atoms with Crippen molar-refractivity contribution in [1.82, 2.24) is 14.8 Å². The van der Waals surface area contributed by atoms with Crippen LogP contribution in [0.1, 0.15) is 57.0 Å². The predicted molar refractivity (Wildman–Crippen MR) is 173 cm³/mol. The minimum absolute atomic E-state index is 0.287. The molecule has 0 aliphatic rings. The van der Waals surface area contributed by atoms with Crippen molar-refractivity contribution < 1.29 is 17.6 Å². The molecule has 1 atom stereocenters. The Morgan fingerprint density at radius 3 is 2.42 bits per heavy atom. The summed E-state index contributed by atoms with van der Waals surface area (Å²) in [5, 5.41) is 5.39. The molecule has 0 amide bonds. The molecule has 0 aliphatic carbocycles. The quantitative estimate of drug-likeness (QED) is 0.0759. The summed E-state index contributed by atoms with van der Waals surface area (Å²) in [5.74, 6) is 5.95. The predicted octanol–water partition coefficient (Wildman–Crippen LogP) is 9.60. The van der Waals surface area contributed by atoms with E-state index in [9.17, 15) is 17.6 Å². The molecule has 0 saturated carbocycles. The molecule has 4 aromatic rings. The minimum Gasteiger partial charge on any atom is -0.312 e. The molecule has 43 heavy (non-hydrogen) atoms. The molecular weight excluding hydrogens is 616 g/mol. The Morgan fingerprint density at radius 2 is 1.77 bits per heavy atom. The molecule has 1 unspecified atom stereocenters. The molecule has 4 nitrogen and oxygen atoms in total. The molecule has 2 aromatic carbocycles. The normalized spacial score (nSPS) is 12.4. The summed E-state index contributed by atoms with van der Waals surface area (Å²) in [5.41, 5.74) is 3.35. The van der Waals surface area contributed by atoms with Crippen LogP contribution in [0.4, 0.5) is 23.4 Å². The molecule has 11 heteroatoms. The third kappa shape index (κ3) is 8.20. The molecule has 4 rings (SSSR count). The van der Waals surface area contributed by atoms with E-state index in [0.29, 0.717) is 49.8 Å². The molecule has 0 saturated heterocycles. The summed E-state index contributed by atoms with van der Waals surface area (Å²) < 4.78 is 59.8. The van der Waals surface area contributed by atoms with Gasteiger partial charge in [-0.25, -0.2) is 22.5 Å². The fourth-order valence-electron chi connectivity index (χ4n) is 4.65. The van der Waals surface area contributed by atoms with E-state index in [2.05, 4.69) is 21.7 Å². The highest BCUT2D eigenvalue weighted by molar-refractivity contribution is 8.00. The number of fused-ring (bicyclic) bond motifs is 1. The molecule has 2 heterocycles. The van der Waals surface area contributed by atoms with Gasteiger partial charge in [0, 0.05) is 28.9 Å².